The van der Waals surface area contributed by atoms with E-state index in [1.54, 1.807) is 29.2 Å². The molecule has 0 unspecified atom stereocenters. The third-order valence-electron chi connectivity index (χ3n) is 4.77. The molecule has 0 radical (unpaired) electrons. The fourth-order valence-corrected chi connectivity index (χ4v) is 4.54. The van der Waals surface area contributed by atoms with Crippen molar-refractivity contribution in [2.45, 2.75) is 44.6 Å². The second-order valence-electron chi connectivity index (χ2n) is 6.85. The molecule has 1 atom stereocenters. The van der Waals surface area contributed by atoms with Gasteiger partial charge in [0.25, 0.3) is 0 Å². The first kappa shape index (κ1) is 18.6. The Morgan fingerprint density at radius 3 is 2.38 bits per heavy atom. The number of hydrogen-bond acceptors (Lipinski definition) is 3. The van der Waals surface area contributed by atoms with Gasteiger partial charge in [0.1, 0.15) is 0 Å². The van der Waals surface area contributed by atoms with Crippen molar-refractivity contribution in [3.05, 3.63) is 59.2 Å². The summed E-state index contributed by atoms with van der Waals surface area (Å²) < 4.78 is 28.2. The van der Waals surface area contributed by atoms with Crippen molar-refractivity contribution in [1.29, 1.82) is 0 Å². The molecule has 2 aromatic rings. The molecule has 0 aromatic heterocycles. The molecule has 0 bridgehead atoms. The maximum atomic E-state index is 12.7. The summed E-state index contributed by atoms with van der Waals surface area (Å²) in [6, 6.07) is 12.2. The predicted molar refractivity (Wildman–Crippen MR) is 103 cm³/mol. The molecular weight excluding hydrogens is 348 g/mol. The Kier molecular flexibility index (Phi) is 5.16. The highest BCUT2D eigenvalue weighted by atomic mass is 32.2. The minimum absolute atomic E-state index is 0.0854. The van der Waals surface area contributed by atoms with Crippen LogP contribution in [0.2, 0.25) is 0 Å². The maximum absolute atomic E-state index is 12.7. The van der Waals surface area contributed by atoms with Crippen LogP contribution < -0.4 is 9.62 Å². The summed E-state index contributed by atoms with van der Waals surface area (Å²) in [5.41, 5.74) is 3.85. The average Bonchev–Trinajstić information content (AvgIpc) is 3.02. The minimum Gasteiger partial charge on any atom is -0.312 e. The van der Waals surface area contributed by atoms with Crippen molar-refractivity contribution in [3.8, 4) is 0 Å². The van der Waals surface area contributed by atoms with E-state index in [1.807, 2.05) is 39.0 Å². The Morgan fingerprint density at radius 2 is 1.77 bits per heavy atom. The van der Waals surface area contributed by atoms with E-state index in [1.165, 1.54) is 0 Å². The fraction of sp³-hybridized carbons (Fsp3) is 0.350. The van der Waals surface area contributed by atoms with Gasteiger partial charge in [0.2, 0.25) is 15.9 Å². The van der Waals surface area contributed by atoms with Gasteiger partial charge in [-0.05, 0) is 62.6 Å². The summed E-state index contributed by atoms with van der Waals surface area (Å²) in [6.07, 6.45) is 1.39. The van der Waals surface area contributed by atoms with Crippen molar-refractivity contribution in [1.82, 2.24) is 4.72 Å². The molecule has 138 valence electrons. The van der Waals surface area contributed by atoms with Gasteiger partial charge in [0.05, 0.1) is 4.90 Å². The van der Waals surface area contributed by atoms with Crippen molar-refractivity contribution < 1.29 is 13.2 Å². The number of benzene rings is 2. The van der Waals surface area contributed by atoms with E-state index in [-0.39, 0.29) is 16.8 Å². The molecule has 0 spiro atoms. The Balaban J connectivity index is 1.79. The van der Waals surface area contributed by atoms with Gasteiger partial charge in [-0.2, -0.15) is 0 Å². The number of anilines is 1. The van der Waals surface area contributed by atoms with Crippen LogP contribution in [0, 0.1) is 13.8 Å². The molecule has 1 saturated heterocycles. The molecule has 1 heterocycles. The van der Waals surface area contributed by atoms with Crippen LogP contribution in [0.4, 0.5) is 5.69 Å². The van der Waals surface area contributed by atoms with Gasteiger partial charge in [0.15, 0.2) is 0 Å². The molecule has 0 saturated carbocycles. The summed E-state index contributed by atoms with van der Waals surface area (Å²) in [5.74, 6) is 0.0854. The van der Waals surface area contributed by atoms with E-state index in [9.17, 15) is 13.2 Å². The Labute approximate surface area is 155 Å². The van der Waals surface area contributed by atoms with Crippen molar-refractivity contribution >= 4 is 21.6 Å². The van der Waals surface area contributed by atoms with Gasteiger partial charge < -0.3 is 4.90 Å². The van der Waals surface area contributed by atoms with Crippen molar-refractivity contribution in [2.24, 2.45) is 0 Å². The number of amides is 1. The summed E-state index contributed by atoms with van der Waals surface area (Å²) in [5, 5.41) is 0. The number of rotatable bonds is 5. The van der Waals surface area contributed by atoms with Gasteiger partial charge >= 0.3 is 0 Å². The van der Waals surface area contributed by atoms with Gasteiger partial charge in [-0.15, -0.1) is 0 Å². The van der Waals surface area contributed by atoms with E-state index < -0.39 is 10.0 Å². The van der Waals surface area contributed by atoms with Gasteiger partial charge in [-0.25, -0.2) is 13.1 Å². The number of nitrogens with one attached hydrogen (secondary N) is 1. The minimum atomic E-state index is -3.64. The molecule has 1 amide bonds. The number of sulfonamides is 1. The smallest absolute Gasteiger partial charge is 0.241 e. The molecular formula is C20H24N2O3S. The zero-order valence-corrected chi connectivity index (χ0v) is 16.1. The normalized spacial score (nSPS) is 16.1. The second kappa shape index (κ2) is 7.21. The highest BCUT2D eigenvalue weighted by Gasteiger charge is 2.23. The SMILES string of the molecule is Cc1ccc(C)c([C@@H](C)NS(=O)(=O)c2ccc(N3CCCC3=O)cc2)c1. The lowest BCUT2D eigenvalue weighted by molar-refractivity contribution is -0.117. The molecule has 1 fully saturated rings. The second-order valence-corrected chi connectivity index (χ2v) is 8.56. The Bertz CT molecular complexity index is 921. The molecule has 1 aliphatic rings. The van der Waals surface area contributed by atoms with Crippen LogP contribution in [0.5, 0.6) is 0 Å². The molecule has 6 heteroatoms. The number of nitrogens with zero attached hydrogens (tertiary/aromatic N) is 1. The van der Waals surface area contributed by atoms with Crippen LogP contribution in [0.3, 0.4) is 0 Å². The van der Waals surface area contributed by atoms with Gasteiger partial charge in [-0.3, -0.25) is 4.79 Å². The molecule has 1 N–H and O–H groups in total. The van der Waals surface area contributed by atoms with Crippen LogP contribution in [0.25, 0.3) is 0 Å². The summed E-state index contributed by atoms with van der Waals surface area (Å²) in [7, 11) is -3.64. The predicted octanol–water partition coefficient (Wildman–Crippen LogP) is 3.47. The monoisotopic (exact) mass is 372 g/mol. The van der Waals surface area contributed by atoms with Crippen LogP contribution in [0.1, 0.15) is 42.5 Å². The maximum Gasteiger partial charge on any atom is 0.241 e. The van der Waals surface area contributed by atoms with Crippen LogP contribution >= 0.6 is 0 Å². The summed E-state index contributed by atoms with van der Waals surface area (Å²) in [6.45, 7) is 6.49. The molecule has 2 aromatic carbocycles. The molecule has 26 heavy (non-hydrogen) atoms. The number of carbonyl (C=O) groups excluding carboxylic acids is 1. The average molecular weight is 372 g/mol. The standard InChI is InChI=1S/C20H24N2O3S/c1-14-6-7-15(2)19(13-14)16(3)21-26(24,25)18-10-8-17(9-11-18)22-12-4-5-20(22)23/h6-11,13,16,21H,4-5,12H2,1-3H3/t16-/m1/s1. The topological polar surface area (TPSA) is 66.5 Å². The number of hydrogen-bond donors (Lipinski definition) is 1. The van der Waals surface area contributed by atoms with Crippen molar-refractivity contribution in [3.63, 3.8) is 0 Å². The van der Waals surface area contributed by atoms with Crippen LogP contribution in [0.15, 0.2) is 47.4 Å². The highest BCUT2D eigenvalue weighted by molar-refractivity contribution is 7.89. The van der Waals surface area contributed by atoms with Gasteiger partial charge in [-0.1, -0.05) is 23.8 Å². The molecule has 3 rings (SSSR count). The zero-order chi connectivity index (χ0) is 18.9. The lowest BCUT2D eigenvalue weighted by atomic mass is 10.0. The van der Waals surface area contributed by atoms with E-state index in [4.69, 9.17) is 0 Å². The van der Waals surface area contributed by atoms with Gasteiger partial charge in [0, 0.05) is 24.7 Å². The third-order valence-corrected chi connectivity index (χ3v) is 6.32. The molecule has 5 nitrogen and oxygen atoms in total. The first-order chi connectivity index (χ1) is 12.3. The number of aryl methyl sites for hydroxylation is 2. The molecule has 1 aliphatic heterocycles. The van der Waals surface area contributed by atoms with Crippen LogP contribution in [-0.4, -0.2) is 20.9 Å². The zero-order valence-electron chi connectivity index (χ0n) is 15.3. The van der Waals surface area contributed by atoms with E-state index in [0.29, 0.717) is 13.0 Å². The van der Waals surface area contributed by atoms with Crippen LogP contribution in [-0.2, 0) is 14.8 Å². The molecule has 0 aliphatic carbocycles. The Hall–Kier alpha value is -2.18. The van der Waals surface area contributed by atoms with Crippen molar-refractivity contribution in [2.75, 3.05) is 11.4 Å². The Morgan fingerprint density at radius 1 is 1.08 bits per heavy atom. The number of carbonyl (C=O) groups is 1. The van der Waals surface area contributed by atoms with E-state index >= 15 is 0 Å². The summed E-state index contributed by atoms with van der Waals surface area (Å²) >= 11 is 0. The summed E-state index contributed by atoms with van der Waals surface area (Å²) in [4.78, 5) is 13.7. The lowest BCUT2D eigenvalue weighted by Gasteiger charge is -2.19. The van der Waals surface area contributed by atoms with E-state index in [2.05, 4.69) is 4.72 Å². The first-order valence-corrected chi connectivity index (χ1v) is 10.3. The third kappa shape index (κ3) is 3.81. The largest absolute Gasteiger partial charge is 0.312 e. The first-order valence-electron chi connectivity index (χ1n) is 8.78. The fourth-order valence-electron chi connectivity index (χ4n) is 3.32. The van der Waals surface area contributed by atoms with E-state index in [0.717, 1.165) is 28.8 Å². The lowest BCUT2D eigenvalue weighted by Crippen LogP contribution is -2.27. The quantitative estimate of drug-likeness (QED) is 0.874. The highest BCUT2D eigenvalue weighted by Crippen LogP contribution is 2.25.